The van der Waals surface area contributed by atoms with Crippen LogP contribution in [-0.4, -0.2) is 27.8 Å². The molecule has 0 spiro atoms. The normalized spacial score (nSPS) is 12.3. The van der Waals surface area contributed by atoms with Crippen LogP contribution in [0.3, 0.4) is 0 Å². The van der Waals surface area contributed by atoms with Gasteiger partial charge in [-0.1, -0.05) is 41.5 Å². The Morgan fingerprint density at radius 1 is 1.08 bits per heavy atom. The van der Waals surface area contributed by atoms with Gasteiger partial charge in [-0.25, -0.2) is 0 Å². The number of amides is 1. The van der Waals surface area contributed by atoms with Gasteiger partial charge < -0.3 is 10.0 Å². The minimum Gasteiger partial charge on any atom is -0.507 e. The van der Waals surface area contributed by atoms with Crippen molar-refractivity contribution in [2.75, 3.05) is 11.9 Å². The van der Waals surface area contributed by atoms with Crippen LogP contribution in [0.15, 0.2) is 24.5 Å². The molecule has 0 fully saturated rings. The fourth-order valence-corrected chi connectivity index (χ4v) is 2.79. The number of hydrogen-bond acceptors (Lipinski definition) is 3. The highest BCUT2D eigenvalue weighted by molar-refractivity contribution is 6.06. The first-order valence-corrected chi connectivity index (χ1v) is 8.47. The maximum absolute atomic E-state index is 13.0. The molecule has 0 bridgehead atoms. The molecule has 1 aromatic heterocycles. The fraction of sp³-hybridized carbons (Fsp3) is 0.500. The van der Waals surface area contributed by atoms with E-state index in [2.05, 4.69) is 5.10 Å². The number of anilines is 1. The predicted molar refractivity (Wildman–Crippen MR) is 101 cm³/mol. The summed E-state index contributed by atoms with van der Waals surface area (Å²) in [5.74, 6) is 0.157. The Morgan fingerprint density at radius 3 is 1.92 bits per heavy atom. The van der Waals surface area contributed by atoms with E-state index in [1.165, 1.54) is 0 Å². The molecule has 136 valence electrons. The lowest BCUT2D eigenvalue weighted by atomic mass is 9.78. The summed E-state index contributed by atoms with van der Waals surface area (Å²) in [7, 11) is 3.55. The molecule has 1 aromatic carbocycles. The van der Waals surface area contributed by atoms with Crippen molar-refractivity contribution >= 4 is 11.6 Å². The Morgan fingerprint density at radius 2 is 1.56 bits per heavy atom. The van der Waals surface area contributed by atoms with Gasteiger partial charge in [0.2, 0.25) is 0 Å². The number of carbonyl (C=O) groups excluding carboxylic acids is 1. The zero-order valence-corrected chi connectivity index (χ0v) is 16.5. The molecule has 0 aliphatic rings. The summed E-state index contributed by atoms with van der Waals surface area (Å²) >= 11 is 0. The summed E-state index contributed by atoms with van der Waals surface area (Å²) in [5.41, 5.74) is 2.32. The van der Waals surface area contributed by atoms with E-state index in [-0.39, 0.29) is 22.5 Å². The average Bonchev–Trinajstić information content (AvgIpc) is 2.90. The zero-order chi connectivity index (χ0) is 19.2. The Hall–Kier alpha value is -2.30. The SMILES string of the molecule is CN(C(=O)c1cc(C(C)(C)C)c(O)c(C(C)(C)C)c1)c1cnn(C)c1. The number of hydrogen-bond donors (Lipinski definition) is 1. The van der Waals surface area contributed by atoms with Gasteiger partial charge in [0.25, 0.3) is 5.91 Å². The summed E-state index contributed by atoms with van der Waals surface area (Å²) in [4.78, 5) is 14.6. The van der Waals surface area contributed by atoms with E-state index in [4.69, 9.17) is 0 Å². The lowest BCUT2D eigenvalue weighted by molar-refractivity contribution is 0.0992. The first-order valence-electron chi connectivity index (χ1n) is 8.47. The first kappa shape index (κ1) is 19.0. The van der Waals surface area contributed by atoms with Gasteiger partial charge in [0.15, 0.2) is 0 Å². The number of phenols is 1. The summed E-state index contributed by atoms with van der Waals surface area (Å²) < 4.78 is 1.66. The van der Waals surface area contributed by atoms with E-state index in [9.17, 15) is 9.90 Å². The summed E-state index contributed by atoms with van der Waals surface area (Å²) in [6, 6.07) is 3.61. The summed E-state index contributed by atoms with van der Waals surface area (Å²) in [6.07, 6.45) is 3.46. The average molecular weight is 343 g/mol. The molecule has 0 atom stereocenters. The molecule has 2 rings (SSSR count). The molecule has 0 saturated carbocycles. The maximum Gasteiger partial charge on any atom is 0.258 e. The fourth-order valence-electron chi connectivity index (χ4n) is 2.79. The van der Waals surface area contributed by atoms with Crippen molar-refractivity contribution in [2.24, 2.45) is 7.05 Å². The molecule has 0 unspecified atom stereocenters. The monoisotopic (exact) mass is 343 g/mol. The highest BCUT2D eigenvalue weighted by Crippen LogP contribution is 2.40. The zero-order valence-electron chi connectivity index (χ0n) is 16.5. The smallest absolute Gasteiger partial charge is 0.258 e. The van der Waals surface area contributed by atoms with Crippen LogP contribution < -0.4 is 4.90 Å². The Bertz CT molecular complexity index is 757. The molecule has 0 aliphatic heterocycles. The molecule has 0 aliphatic carbocycles. The van der Waals surface area contributed by atoms with Gasteiger partial charge in [-0.05, 0) is 23.0 Å². The molecule has 0 saturated heterocycles. The van der Waals surface area contributed by atoms with Crippen LogP contribution in [0.2, 0.25) is 0 Å². The Balaban J connectivity index is 2.59. The highest BCUT2D eigenvalue weighted by Gasteiger charge is 2.28. The molecule has 1 heterocycles. The lowest BCUT2D eigenvalue weighted by Gasteiger charge is -2.28. The largest absolute Gasteiger partial charge is 0.507 e. The van der Waals surface area contributed by atoms with Gasteiger partial charge in [-0.3, -0.25) is 9.48 Å². The van der Waals surface area contributed by atoms with Crippen molar-refractivity contribution in [1.82, 2.24) is 9.78 Å². The van der Waals surface area contributed by atoms with Crippen molar-refractivity contribution in [3.8, 4) is 5.75 Å². The third-order valence-electron chi connectivity index (χ3n) is 4.36. The summed E-state index contributed by atoms with van der Waals surface area (Å²) in [5, 5.41) is 14.9. The third kappa shape index (κ3) is 3.86. The van der Waals surface area contributed by atoms with Crippen molar-refractivity contribution in [3.05, 3.63) is 41.2 Å². The van der Waals surface area contributed by atoms with E-state index in [1.54, 1.807) is 41.2 Å². The van der Waals surface area contributed by atoms with Crippen LogP contribution in [0, 0.1) is 0 Å². The molecule has 0 radical (unpaired) electrons. The molecule has 2 aromatic rings. The van der Waals surface area contributed by atoms with Gasteiger partial charge in [0, 0.05) is 37.0 Å². The van der Waals surface area contributed by atoms with Crippen molar-refractivity contribution in [2.45, 2.75) is 52.4 Å². The molecule has 1 N–H and O–H groups in total. The second-order valence-electron chi connectivity index (χ2n) is 8.66. The number of aromatic hydroxyl groups is 1. The van der Waals surface area contributed by atoms with Crippen molar-refractivity contribution < 1.29 is 9.90 Å². The second kappa shape index (κ2) is 6.21. The molecule has 5 heteroatoms. The van der Waals surface area contributed by atoms with Crippen LogP contribution in [-0.2, 0) is 17.9 Å². The molecule has 1 amide bonds. The van der Waals surface area contributed by atoms with E-state index < -0.39 is 0 Å². The molecular formula is C20H29N3O2. The number of carbonyl (C=O) groups is 1. The molecule has 5 nitrogen and oxygen atoms in total. The number of nitrogens with zero attached hydrogens (tertiary/aromatic N) is 3. The Kier molecular flexibility index (Phi) is 4.73. The minimum absolute atomic E-state index is 0.121. The maximum atomic E-state index is 13.0. The van der Waals surface area contributed by atoms with E-state index in [1.807, 2.05) is 48.6 Å². The summed E-state index contributed by atoms with van der Waals surface area (Å²) in [6.45, 7) is 12.2. The van der Waals surface area contributed by atoms with E-state index in [0.717, 1.165) is 16.8 Å². The topological polar surface area (TPSA) is 58.4 Å². The standard InChI is InChI=1S/C20H29N3O2/c1-19(2,3)15-9-13(10-16(17(15)24)20(4,5)6)18(25)23(8)14-11-21-22(7)12-14/h9-12,24H,1-8H3. The second-order valence-corrected chi connectivity index (χ2v) is 8.66. The van der Waals surface area contributed by atoms with Crippen LogP contribution in [0.1, 0.15) is 63.0 Å². The van der Waals surface area contributed by atoms with Gasteiger partial charge in [0.05, 0.1) is 11.9 Å². The van der Waals surface area contributed by atoms with Crippen LogP contribution in [0.25, 0.3) is 0 Å². The van der Waals surface area contributed by atoms with Crippen LogP contribution in [0.5, 0.6) is 5.75 Å². The molecular weight excluding hydrogens is 314 g/mol. The predicted octanol–water partition coefficient (Wildman–Crippen LogP) is 4.00. The molecule has 25 heavy (non-hydrogen) atoms. The number of aromatic nitrogens is 2. The minimum atomic E-state index is -0.271. The highest BCUT2D eigenvalue weighted by atomic mass is 16.3. The quantitative estimate of drug-likeness (QED) is 0.897. The van der Waals surface area contributed by atoms with Gasteiger partial charge in [-0.2, -0.15) is 5.10 Å². The van der Waals surface area contributed by atoms with Gasteiger partial charge in [0.1, 0.15) is 5.75 Å². The number of aryl methyl sites for hydroxylation is 1. The third-order valence-corrected chi connectivity index (χ3v) is 4.36. The Labute approximate surface area is 150 Å². The van der Waals surface area contributed by atoms with Crippen LogP contribution >= 0.6 is 0 Å². The lowest BCUT2D eigenvalue weighted by Crippen LogP contribution is -2.27. The number of benzene rings is 1. The van der Waals surface area contributed by atoms with Gasteiger partial charge >= 0.3 is 0 Å². The van der Waals surface area contributed by atoms with Crippen LogP contribution in [0.4, 0.5) is 5.69 Å². The number of rotatable bonds is 2. The van der Waals surface area contributed by atoms with Gasteiger partial charge in [-0.15, -0.1) is 0 Å². The van der Waals surface area contributed by atoms with Crippen molar-refractivity contribution in [1.29, 1.82) is 0 Å². The number of phenolic OH excluding ortho intramolecular Hbond substituents is 1. The van der Waals surface area contributed by atoms with E-state index >= 15 is 0 Å². The van der Waals surface area contributed by atoms with Crippen molar-refractivity contribution in [3.63, 3.8) is 0 Å². The van der Waals surface area contributed by atoms with E-state index in [0.29, 0.717) is 5.56 Å². The first-order chi connectivity index (χ1) is 11.3.